The second kappa shape index (κ2) is 7.62. The highest BCUT2D eigenvalue weighted by molar-refractivity contribution is 6.45. The number of hydrogen-bond donors (Lipinski definition) is 2. The lowest BCUT2D eigenvalue weighted by Gasteiger charge is -2.13. The van der Waals surface area contributed by atoms with Crippen LogP contribution >= 0.6 is 0 Å². The summed E-state index contributed by atoms with van der Waals surface area (Å²) in [5.74, 6) is -0.305. The summed E-state index contributed by atoms with van der Waals surface area (Å²) in [5, 5.41) is 6.39. The fourth-order valence-electron chi connectivity index (χ4n) is 1.79. The van der Waals surface area contributed by atoms with Crippen molar-refractivity contribution in [3.05, 3.63) is 34.4 Å². The van der Waals surface area contributed by atoms with E-state index >= 15 is 0 Å². The van der Waals surface area contributed by atoms with E-state index in [4.69, 9.17) is 9.68 Å². The Balaban J connectivity index is 3.34. The molecule has 1 aromatic rings. The molecule has 0 radical (unpaired) electrons. The minimum Gasteiger partial charge on any atom is -0.398 e. The number of hydrogen-bond acceptors (Lipinski definition) is 5. The van der Waals surface area contributed by atoms with E-state index < -0.39 is 0 Å². The summed E-state index contributed by atoms with van der Waals surface area (Å²) in [6.07, 6.45) is 0. The third-order valence-corrected chi connectivity index (χ3v) is 2.97. The first-order valence-electron chi connectivity index (χ1n) is 6.27. The lowest BCUT2D eigenvalue weighted by molar-refractivity contribution is -0.114. The molecule has 1 rings (SSSR count). The van der Waals surface area contributed by atoms with Gasteiger partial charge in [0.05, 0.1) is 6.61 Å². The number of oxime groups is 1. The SMILES string of the molecule is CNOCc1cc(C)c(C)cc1/C(=N\OC)C(=O)NC. The number of likely N-dealkylation sites (N-methyl/N-ethyl adjacent to an activating group) is 1. The van der Waals surface area contributed by atoms with Crippen molar-refractivity contribution in [3.63, 3.8) is 0 Å². The summed E-state index contributed by atoms with van der Waals surface area (Å²) in [5.41, 5.74) is 6.60. The van der Waals surface area contributed by atoms with Crippen molar-refractivity contribution < 1.29 is 14.5 Å². The third kappa shape index (κ3) is 3.79. The van der Waals surface area contributed by atoms with Gasteiger partial charge in [0.2, 0.25) is 0 Å². The van der Waals surface area contributed by atoms with E-state index in [9.17, 15) is 4.79 Å². The molecule has 0 bridgehead atoms. The summed E-state index contributed by atoms with van der Waals surface area (Å²) >= 11 is 0. The first-order chi connectivity index (χ1) is 9.54. The number of amides is 1. The molecule has 0 saturated carbocycles. The zero-order valence-electron chi connectivity index (χ0n) is 12.5. The Hall–Kier alpha value is -1.92. The van der Waals surface area contributed by atoms with Crippen LogP contribution in [0.4, 0.5) is 0 Å². The van der Waals surface area contributed by atoms with Crippen LogP contribution in [0.25, 0.3) is 0 Å². The van der Waals surface area contributed by atoms with E-state index in [1.54, 1.807) is 14.1 Å². The maximum atomic E-state index is 11.9. The van der Waals surface area contributed by atoms with Crippen molar-refractivity contribution >= 4 is 11.6 Å². The minimum atomic E-state index is -0.305. The molecule has 0 aliphatic heterocycles. The molecule has 0 fully saturated rings. The van der Waals surface area contributed by atoms with Crippen LogP contribution in [0.1, 0.15) is 22.3 Å². The molecule has 0 aliphatic rings. The van der Waals surface area contributed by atoms with Gasteiger partial charge in [-0.1, -0.05) is 11.2 Å². The zero-order valence-corrected chi connectivity index (χ0v) is 12.5. The molecule has 0 aliphatic carbocycles. The van der Waals surface area contributed by atoms with Gasteiger partial charge in [0.15, 0.2) is 5.71 Å². The first-order valence-corrected chi connectivity index (χ1v) is 6.27. The standard InChI is InChI=1S/C14H21N3O3/c1-9-6-11(8-20-16-4)12(7-10(9)2)13(17-19-5)14(18)15-3/h6-7,16H,8H2,1-5H3,(H,15,18)/b17-13+. The van der Waals surface area contributed by atoms with Crippen LogP contribution < -0.4 is 10.8 Å². The Labute approximate surface area is 119 Å². The molecule has 2 N–H and O–H groups in total. The van der Waals surface area contributed by atoms with Crippen molar-refractivity contribution in [3.8, 4) is 0 Å². The molecular weight excluding hydrogens is 258 g/mol. The van der Waals surface area contributed by atoms with E-state index in [2.05, 4.69) is 16.0 Å². The largest absolute Gasteiger partial charge is 0.398 e. The molecule has 110 valence electrons. The maximum absolute atomic E-state index is 11.9. The molecule has 0 aromatic heterocycles. The van der Waals surface area contributed by atoms with Gasteiger partial charge < -0.3 is 10.2 Å². The predicted molar refractivity (Wildman–Crippen MR) is 77.4 cm³/mol. The van der Waals surface area contributed by atoms with Gasteiger partial charge in [-0.2, -0.15) is 0 Å². The van der Waals surface area contributed by atoms with Crippen molar-refractivity contribution in [2.75, 3.05) is 21.2 Å². The third-order valence-electron chi connectivity index (χ3n) is 2.97. The molecule has 1 amide bonds. The average molecular weight is 279 g/mol. The van der Waals surface area contributed by atoms with Gasteiger partial charge >= 0.3 is 0 Å². The Kier molecular flexibility index (Phi) is 6.14. The Morgan fingerprint density at radius 1 is 1.25 bits per heavy atom. The fourth-order valence-corrected chi connectivity index (χ4v) is 1.79. The highest BCUT2D eigenvalue weighted by Gasteiger charge is 2.18. The molecule has 0 atom stereocenters. The summed E-state index contributed by atoms with van der Waals surface area (Å²) in [6.45, 7) is 4.32. The van der Waals surface area contributed by atoms with Crippen molar-refractivity contribution in [2.24, 2.45) is 5.16 Å². The van der Waals surface area contributed by atoms with E-state index in [-0.39, 0.29) is 11.6 Å². The van der Waals surface area contributed by atoms with Crippen LogP contribution in [-0.4, -0.2) is 32.8 Å². The Morgan fingerprint density at radius 2 is 1.90 bits per heavy atom. The molecule has 0 heterocycles. The number of hydroxylamine groups is 1. The Bertz CT molecular complexity index is 513. The topological polar surface area (TPSA) is 71.9 Å². The highest BCUT2D eigenvalue weighted by atomic mass is 16.6. The van der Waals surface area contributed by atoms with Crippen LogP contribution in [0.5, 0.6) is 0 Å². The summed E-state index contributed by atoms with van der Waals surface area (Å²) < 4.78 is 0. The molecule has 20 heavy (non-hydrogen) atoms. The second-order valence-corrected chi connectivity index (χ2v) is 4.29. The lowest BCUT2D eigenvalue weighted by atomic mass is 9.96. The van der Waals surface area contributed by atoms with Crippen LogP contribution in [0.15, 0.2) is 17.3 Å². The van der Waals surface area contributed by atoms with Crippen LogP contribution in [0, 0.1) is 13.8 Å². The van der Waals surface area contributed by atoms with Gasteiger partial charge in [-0.15, -0.1) is 0 Å². The molecule has 0 saturated heterocycles. The highest BCUT2D eigenvalue weighted by Crippen LogP contribution is 2.18. The monoisotopic (exact) mass is 279 g/mol. The predicted octanol–water partition coefficient (Wildman–Crippen LogP) is 1.05. The maximum Gasteiger partial charge on any atom is 0.273 e. The van der Waals surface area contributed by atoms with Crippen molar-refractivity contribution in [2.45, 2.75) is 20.5 Å². The number of carbonyl (C=O) groups excluding carboxylic acids is 1. The summed E-state index contributed by atoms with van der Waals surface area (Å²) in [4.78, 5) is 21.9. The fraction of sp³-hybridized carbons (Fsp3) is 0.429. The quantitative estimate of drug-likeness (QED) is 0.603. The zero-order chi connectivity index (χ0) is 15.1. The van der Waals surface area contributed by atoms with E-state index in [1.165, 1.54) is 7.11 Å². The van der Waals surface area contributed by atoms with Gasteiger partial charge in [0.25, 0.3) is 5.91 Å². The smallest absolute Gasteiger partial charge is 0.273 e. The number of benzene rings is 1. The number of carbonyl (C=O) groups is 1. The number of aryl methyl sites for hydroxylation is 2. The molecule has 1 aromatic carbocycles. The number of nitrogens with one attached hydrogen (secondary N) is 2. The van der Waals surface area contributed by atoms with Gasteiger partial charge in [0, 0.05) is 19.7 Å². The first kappa shape index (κ1) is 16.1. The van der Waals surface area contributed by atoms with E-state index in [0.29, 0.717) is 12.2 Å². The lowest BCUT2D eigenvalue weighted by Crippen LogP contribution is -2.29. The molecule has 0 unspecified atom stereocenters. The minimum absolute atomic E-state index is 0.229. The normalized spacial score (nSPS) is 11.3. The van der Waals surface area contributed by atoms with Gasteiger partial charge in [-0.05, 0) is 36.6 Å². The molecular formula is C14H21N3O3. The van der Waals surface area contributed by atoms with Gasteiger partial charge in [-0.3, -0.25) is 9.63 Å². The number of rotatable bonds is 6. The second-order valence-electron chi connectivity index (χ2n) is 4.29. The van der Waals surface area contributed by atoms with Gasteiger partial charge in [-0.25, -0.2) is 5.48 Å². The molecule has 0 spiro atoms. The van der Waals surface area contributed by atoms with Crippen molar-refractivity contribution in [1.82, 2.24) is 10.8 Å². The van der Waals surface area contributed by atoms with Gasteiger partial charge in [0.1, 0.15) is 7.11 Å². The van der Waals surface area contributed by atoms with Crippen LogP contribution in [-0.2, 0) is 21.1 Å². The molecule has 6 nitrogen and oxygen atoms in total. The molecule has 6 heteroatoms. The van der Waals surface area contributed by atoms with E-state index in [1.807, 2.05) is 26.0 Å². The van der Waals surface area contributed by atoms with Crippen LogP contribution in [0.2, 0.25) is 0 Å². The van der Waals surface area contributed by atoms with Crippen molar-refractivity contribution in [1.29, 1.82) is 0 Å². The number of nitrogens with zero attached hydrogens (tertiary/aromatic N) is 1. The Morgan fingerprint density at radius 3 is 2.45 bits per heavy atom. The van der Waals surface area contributed by atoms with E-state index in [0.717, 1.165) is 16.7 Å². The summed E-state index contributed by atoms with van der Waals surface area (Å²) in [6, 6.07) is 3.90. The van der Waals surface area contributed by atoms with Crippen LogP contribution in [0.3, 0.4) is 0 Å². The average Bonchev–Trinajstić information content (AvgIpc) is 2.45. The summed E-state index contributed by atoms with van der Waals surface area (Å²) in [7, 11) is 4.65.